The quantitative estimate of drug-likeness (QED) is 0.785. The summed E-state index contributed by atoms with van der Waals surface area (Å²) in [6.07, 6.45) is -0.435. The van der Waals surface area contributed by atoms with E-state index in [9.17, 15) is 14.3 Å². The molecule has 0 saturated heterocycles. The van der Waals surface area contributed by atoms with Gasteiger partial charge in [-0.3, -0.25) is 9.69 Å². The molecule has 0 fully saturated rings. The fourth-order valence-corrected chi connectivity index (χ4v) is 2.23. The maximum Gasteiger partial charge on any atom is 0.306 e. The molecule has 0 radical (unpaired) electrons. The highest BCUT2D eigenvalue weighted by molar-refractivity contribution is 5.69. The maximum atomic E-state index is 13.1. The Hall–Kier alpha value is -1.46. The van der Waals surface area contributed by atoms with E-state index in [1.807, 2.05) is 18.7 Å². The molecule has 0 aliphatic heterocycles. The summed E-state index contributed by atoms with van der Waals surface area (Å²) >= 11 is 0. The monoisotopic (exact) mass is 297 g/mol. The Morgan fingerprint density at radius 2 is 2.10 bits per heavy atom. The molecule has 5 heteroatoms. The minimum absolute atomic E-state index is 0.185. The number of halogens is 1. The second-order valence-electron chi connectivity index (χ2n) is 5.43. The number of aryl methyl sites for hydroxylation is 1. The standard InChI is InChI=1S/C16H24FNO3/c1-11(2)18(8-7-16(20)21-4)10-15(19)14-6-5-13(17)9-12(14)3/h5-6,9,11,15,19H,7-8,10H2,1-4H3. The zero-order valence-corrected chi connectivity index (χ0v) is 13.1. The van der Waals surface area contributed by atoms with E-state index in [-0.39, 0.29) is 24.2 Å². The first-order valence-electron chi connectivity index (χ1n) is 7.10. The molecule has 1 atom stereocenters. The predicted molar refractivity (Wildman–Crippen MR) is 79.4 cm³/mol. The first kappa shape index (κ1) is 17.6. The maximum absolute atomic E-state index is 13.1. The largest absolute Gasteiger partial charge is 0.469 e. The van der Waals surface area contributed by atoms with Gasteiger partial charge in [0, 0.05) is 19.1 Å². The number of aliphatic hydroxyl groups excluding tert-OH is 1. The molecule has 0 aromatic heterocycles. The molecule has 118 valence electrons. The highest BCUT2D eigenvalue weighted by Gasteiger charge is 2.18. The smallest absolute Gasteiger partial charge is 0.306 e. The number of esters is 1. The molecule has 0 heterocycles. The van der Waals surface area contributed by atoms with E-state index in [1.54, 1.807) is 13.0 Å². The lowest BCUT2D eigenvalue weighted by Gasteiger charge is -2.29. The van der Waals surface area contributed by atoms with Crippen molar-refractivity contribution in [3.05, 3.63) is 35.1 Å². The number of ether oxygens (including phenoxy) is 1. The number of benzene rings is 1. The molecule has 1 unspecified atom stereocenters. The molecule has 1 aromatic carbocycles. The van der Waals surface area contributed by atoms with Gasteiger partial charge in [-0.2, -0.15) is 0 Å². The van der Waals surface area contributed by atoms with Gasteiger partial charge in [0.25, 0.3) is 0 Å². The van der Waals surface area contributed by atoms with Gasteiger partial charge in [-0.15, -0.1) is 0 Å². The minimum atomic E-state index is -0.717. The molecule has 0 aliphatic carbocycles. The van der Waals surface area contributed by atoms with E-state index in [2.05, 4.69) is 4.74 Å². The van der Waals surface area contributed by atoms with Gasteiger partial charge in [-0.1, -0.05) is 6.07 Å². The molecular formula is C16H24FNO3. The molecule has 4 nitrogen and oxygen atoms in total. The molecule has 1 aromatic rings. The van der Waals surface area contributed by atoms with Crippen LogP contribution in [-0.2, 0) is 9.53 Å². The van der Waals surface area contributed by atoms with E-state index in [4.69, 9.17) is 0 Å². The van der Waals surface area contributed by atoms with Crippen LogP contribution in [0.2, 0.25) is 0 Å². The lowest BCUT2D eigenvalue weighted by atomic mass is 10.0. The minimum Gasteiger partial charge on any atom is -0.469 e. The Balaban J connectivity index is 2.71. The Bertz CT molecular complexity index is 477. The van der Waals surface area contributed by atoms with Gasteiger partial charge in [-0.05, 0) is 44.0 Å². The number of methoxy groups -OCH3 is 1. The molecule has 0 saturated carbocycles. The van der Waals surface area contributed by atoms with Crippen LogP contribution < -0.4 is 0 Å². The summed E-state index contributed by atoms with van der Waals surface area (Å²) in [5, 5.41) is 10.4. The third kappa shape index (κ3) is 5.44. The number of aliphatic hydroxyl groups is 1. The van der Waals surface area contributed by atoms with Crippen LogP contribution in [0.4, 0.5) is 4.39 Å². The molecule has 1 N–H and O–H groups in total. The van der Waals surface area contributed by atoms with E-state index >= 15 is 0 Å². The van der Waals surface area contributed by atoms with Crippen molar-refractivity contribution in [2.45, 2.75) is 39.3 Å². The summed E-state index contributed by atoms with van der Waals surface area (Å²) in [5.74, 6) is -0.581. The van der Waals surface area contributed by atoms with Crippen molar-refractivity contribution in [3.8, 4) is 0 Å². The van der Waals surface area contributed by atoms with Gasteiger partial charge in [0.2, 0.25) is 0 Å². The van der Waals surface area contributed by atoms with Crippen LogP contribution in [0.15, 0.2) is 18.2 Å². The van der Waals surface area contributed by atoms with Crippen molar-refractivity contribution in [1.29, 1.82) is 0 Å². The van der Waals surface area contributed by atoms with Gasteiger partial charge in [-0.25, -0.2) is 4.39 Å². The summed E-state index contributed by atoms with van der Waals surface area (Å²) in [4.78, 5) is 13.2. The van der Waals surface area contributed by atoms with Crippen molar-refractivity contribution in [2.24, 2.45) is 0 Å². The van der Waals surface area contributed by atoms with Crippen LogP contribution >= 0.6 is 0 Å². The molecule has 1 rings (SSSR count). The fraction of sp³-hybridized carbons (Fsp3) is 0.562. The summed E-state index contributed by atoms with van der Waals surface area (Å²) in [6, 6.07) is 4.55. The van der Waals surface area contributed by atoms with E-state index in [0.717, 1.165) is 5.56 Å². The first-order valence-corrected chi connectivity index (χ1v) is 7.10. The van der Waals surface area contributed by atoms with Crippen molar-refractivity contribution in [2.75, 3.05) is 20.2 Å². The number of nitrogens with zero attached hydrogens (tertiary/aromatic N) is 1. The van der Waals surface area contributed by atoms with Crippen molar-refractivity contribution >= 4 is 5.97 Å². The number of carbonyl (C=O) groups is 1. The molecule has 0 aliphatic rings. The van der Waals surface area contributed by atoms with E-state index in [1.165, 1.54) is 19.2 Å². The van der Waals surface area contributed by atoms with Crippen LogP contribution in [0.3, 0.4) is 0 Å². The lowest BCUT2D eigenvalue weighted by molar-refractivity contribution is -0.141. The summed E-state index contributed by atoms with van der Waals surface area (Å²) in [6.45, 7) is 6.68. The van der Waals surface area contributed by atoms with Gasteiger partial charge in [0.15, 0.2) is 0 Å². The third-order valence-electron chi connectivity index (χ3n) is 3.56. The molecule has 0 amide bonds. The van der Waals surface area contributed by atoms with Gasteiger partial charge >= 0.3 is 5.97 Å². The topological polar surface area (TPSA) is 49.8 Å². The number of hydrogen-bond donors (Lipinski definition) is 1. The summed E-state index contributed by atoms with van der Waals surface area (Å²) in [7, 11) is 1.36. The number of carbonyl (C=O) groups excluding carboxylic acids is 1. The Morgan fingerprint density at radius 1 is 1.43 bits per heavy atom. The lowest BCUT2D eigenvalue weighted by Crippen LogP contribution is -2.36. The number of hydrogen-bond acceptors (Lipinski definition) is 4. The molecular weight excluding hydrogens is 273 g/mol. The van der Waals surface area contributed by atoms with Crippen molar-refractivity contribution in [1.82, 2.24) is 4.90 Å². The van der Waals surface area contributed by atoms with E-state index in [0.29, 0.717) is 18.7 Å². The zero-order valence-electron chi connectivity index (χ0n) is 13.1. The molecule has 21 heavy (non-hydrogen) atoms. The average molecular weight is 297 g/mol. The SMILES string of the molecule is COC(=O)CCN(CC(O)c1ccc(F)cc1C)C(C)C. The summed E-state index contributed by atoms with van der Waals surface area (Å²) in [5.41, 5.74) is 1.43. The van der Waals surface area contributed by atoms with Gasteiger partial charge in [0.05, 0.1) is 19.6 Å². The Morgan fingerprint density at radius 3 is 2.62 bits per heavy atom. The van der Waals surface area contributed by atoms with E-state index < -0.39 is 6.10 Å². The molecule has 0 spiro atoms. The van der Waals surface area contributed by atoms with Crippen molar-refractivity contribution in [3.63, 3.8) is 0 Å². The summed E-state index contributed by atoms with van der Waals surface area (Å²) < 4.78 is 17.7. The zero-order chi connectivity index (χ0) is 16.0. The fourth-order valence-electron chi connectivity index (χ4n) is 2.23. The van der Waals surface area contributed by atoms with Crippen LogP contribution in [0.25, 0.3) is 0 Å². The highest BCUT2D eigenvalue weighted by Crippen LogP contribution is 2.20. The Labute approximate surface area is 125 Å². The normalized spacial score (nSPS) is 12.8. The first-order chi connectivity index (χ1) is 9.85. The van der Waals surface area contributed by atoms with Gasteiger partial charge < -0.3 is 9.84 Å². The van der Waals surface area contributed by atoms with Crippen LogP contribution in [0.1, 0.15) is 37.5 Å². The second-order valence-corrected chi connectivity index (χ2v) is 5.43. The molecule has 0 bridgehead atoms. The Kier molecular flexibility index (Phi) is 6.78. The third-order valence-corrected chi connectivity index (χ3v) is 3.56. The van der Waals surface area contributed by atoms with Crippen molar-refractivity contribution < 1.29 is 19.0 Å². The predicted octanol–water partition coefficient (Wildman–Crippen LogP) is 2.44. The second kappa shape index (κ2) is 8.10. The number of rotatable bonds is 7. The van der Waals surface area contributed by atoms with Crippen LogP contribution in [0, 0.1) is 12.7 Å². The average Bonchev–Trinajstić information content (AvgIpc) is 2.42. The van der Waals surface area contributed by atoms with Crippen LogP contribution in [-0.4, -0.2) is 42.2 Å². The van der Waals surface area contributed by atoms with Crippen LogP contribution in [0.5, 0.6) is 0 Å². The highest BCUT2D eigenvalue weighted by atomic mass is 19.1. The van der Waals surface area contributed by atoms with Gasteiger partial charge in [0.1, 0.15) is 5.82 Å².